The molecule has 0 bridgehead atoms. The molecule has 0 saturated heterocycles. The highest BCUT2D eigenvalue weighted by Gasteiger charge is 2.17. The summed E-state index contributed by atoms with van der Waals surface area (Å²) in [5.41, 5.74) is 1.37. The molecule has 0 fully saturated rings. The maximum absolute atomic E-state index is 13.1. The normalized spacial score (nSPS) is 10.9. The van der Waals surface area contributed by atoms with E-state index in [1.807, 2.05) is 42.5 Å². The number of Topliss-reactive ketones (excluding diaryl/α,β-unsaturated/α-hetero) is 1. The van der Waals surface area contributed by atoms with Crippen molar-refractivity contribution in [3.05, 3.63) is 95.8 Å². The molecule has 2 rings (SSSR count). The number of ketones is 2. The highest BCUT2D eigenvalue weighted by atomic mass is 16.1. The molecular weight excluding hydrogens is 442 g/mol. The summed E-state index contributed by atoms with van der Waals surface area (Å²) in [6, 6.07) is 18.2. The van der Waals surface area contributed by atoms with Gasteiger partial charge in [-0.25, -0.2) is 0 Å². The van der Waals surface area contributed by atoms with Gasteiger partial charge in [-0.1, -0.05) is 119 Å². The number of aromatic nitrogens is 1. The molecule has 194 valence electrons. The molecule has 0 radical (unpaired) electrons. The highest BCUT2D eigenvalue weighted by Crippen LogP contribution is 2.16. The van der Waals surface area contributed by atoms with E-state index in [1.165, 1.54) is 57.8 Å². The van der Waals surface area contributed by atoms with E-state index < -0.39 is 0 Å². The van der Waals surface area contributed by atoms with Gasteiger partial charge >= 0.3 is 0 Å². The number of hydrogen-bond donors (Lipinski definition) is 1. The summed E-state index contributed by atoms with van der Waals surface area (Å²) < 4.78 is 0. The van der Waals surface area contributed by atoms with Crippen LogP contribution in [-0.2, 0) is 0 Å². The van der Waals surface area contributed by atoms with E-state index in [4.69, 9.17) is 0 Å². The van der Waals surface area contributed by atoms with Crippen molar-refractivity contribution in [2.24, 2.45) is 0 Å². The van der Waals surface area contributed by atoms with Gasteiger partial charge in [0.15, 0.2) is 5.78 Å². The minimum absolute atomic E-state index is 0.0133. The topological polar surface area (TPSA) is 49.9 Å². The van der Waals surface area contributed by atoms with E-state index in [9.17, 15) is 9.59 Å². The Morgan fingerprint density at radius 3 is 1.92 bits per heavy atom. The van der Waals surface area contributed by atoms with Crippen molar-refractivity contribution in [2.75, 3.05) is 0 Å². The summed E-state index contributed by atoms with van der Waals surface area (Å²) in [6.45, 7) is 2.26. The number of benzene rings is 1. The molecule has 2 aromatic rings. The summed E-state index contributed by atoms with van der Waals surface area (Å²) in [6.07, 6.45) is 22.8. The minimum atomic E-state index is -0.167. The molecular formula is C33H45NO2. The molecule has 36 heavy (non-hydrogen) atoms. The van der Waals surface area contributed by atoms with E-state index in [0.29, 0.717) is 23.2 Å². The zero-order valence-corrected chi connectivity index (χ0v) is 22.2. The third kappa shape index (κ3) is 12.2. The van der Waals surface area contributed by atoms with Crippen molar-refractivity contribution in [3.8, 4) is 0 Å². The summed E-state index contributed by atoms with van der Waals surface area (Å²) in [5, 5.41) is 0. The SMILES string of the molecule is CCCCCCCC/C=C\CCCCCCCC(=O)c1cccccc[nH]c1C(=O)c1ccccc1. The Labute approximate surface area is 218 Å². The van der Waals surface area contributed by atoms with Gasteiger partial charge in [0.2, 0.25) is 5.78 Å². The number of rotatable bonds is 18. The maximum atomic E-state index is 13.1. The molecule has 0 spiro atoms. The number of carbonyl (C=O) groups excluding carboxylic acids is 2. The molecule has 3 nitrogen and oxygen atoms in total. The molecule has 1 aromatic carbocycles. The van der Waals surface area contributed by atoms with Gasteiger partial charge in [0.05, 0.1) is 5.69 Å². The van der Waals surface area contributed by atoms with Crippen molar-refractivity contribution >= 4 is 11.6 Å². The zero-order valence-electron chi connectivity index (χ0n) is 22.2. The summed E-state index contributed by atoms with van der Waals surface area (Å²) >= 11 is 0. The fraction of sp³-hybridized carbons (Fsp3) is 0.455. The predicted octanol–water partition coefficient (Wildman–Crippen LogP) is 9.59. The maximum Gasteiger partial charge on any atom is 0.209 e. The first kappa shape index (κ1) is 29.3. The number of H-pyrrole nitrogens is 1. The average molecular weight is 488 g/mol. The Morgan fingerprint density at radius 2 is 1.22 bits per heavy atom. The Balaban J connectivity index is 1.73. The van der Waals surface area contributed by atoms with Crippen LogP contribution in [0.2, 0.25) is 0 Å². The Kier molecular flexibility index (Phi) is 15.7. The number of aromatic amines is 1. The van der Waals surface area contributed by atoms with Crippen LogP contribution in [0.3, 0.4) is 0 Å². The Morgan fingerprint density at radius 1 is 0.667 bits per heavy atom. The molecule has 1 aromatic heterocycles. The van der Waals surface area contributed by atoms with Crippen LogP contribution >= 0.6 is 0 Å². The number of carbonyl (C=O) groups is 2. The third-order valence-corrected chi connectivity index (χ3v) is 6.42. The van der Waals surface area contributed by atoms with Gasteiger partial charge < -0.3 is 4.98 Å². The van der Waals surface area contributed by atoms with Crippen LogP contribution in [0.4, 0.5) is 0 Å². The average Bonchev–Trinajstić information content (AvgIpc) is 3.03. The lowest BCUT2D eigenvalue weighted by molar-refractivity contribution is 0.0962. The van der Waals surface area contributed by atoms with Crippen LogP contribution in [0.5, 0.6) is 0 Å². The van der Waals surface area contributed by atoms with Crippen LogP contribution in [0.15, 0.2) is 79.0 Å². The van der Waals surface area contributed by atoms with E-state index >= 15 is 0 Å². The molecule has 0 amide bonds. The minimum Gasteiger partial charge on any atom is -0.358 e. The van der Waals surface area contributed by atoms with E-state index in [2.05, 4.69) is 24.1 Å². The van der Waals surface area contributed by atoms with E-state index in [0.717, 1.165) is 25.7 Å². The first-order valence-corrected chi connectivity index (χ1v) is 14.0. The molecule has 0 aliphatic carbocycles. The largest absolute Gasteiger partial charge is 0.358 e. The summed E-state index contributed by atoms with van der Waals surface area (Å²) in [7, 11) is 0. The smallest absolute Gasteiger partial charge is 0.209 e. The van der Waals surface area contributed by atoms with Gasteiger partial charge in [-0.3, -0.25) is 9.59 Å². The van der Waals surface area contributed by atoms with Crippen LogP contribution in [-0.4, -0.2) is 16.6 Å². The van der Waals surface area contributed by atoms with Crippen LogP contribution in [0.25, 0.3) is 0 Å². The van der Waals surface area contributed by atoms with Crippen molar-refractivity contribution in [1.82, 2.24) is 4.98 Å². The van der Waals surface area contributed by atoms with Crippen LogP contribution < -0.4 is 0 Å². The van der Waals surface area contributed by atoms with Crippen molar-refractivity contribution in [3.63, 3.8) is 0 Å². The number of nitrogens with one attached hydrogen (secondary N) is 1. The second kappa shape index (κ2) is 19.3. The van der Waals surface area contributed by atoms with Gasteiger partial charge in [-0.15, -0.1) is 0 Å². The van der Waals surface area contributed by atoms with Gasteiger partial charge in [0.25, 0.3) is 0 Å². The third-order valence-electron chi connectivity index (χ3n) is 6.42. The van der Waals surface area contributed by atoms with Crippen molar-refractivity contribution in [2.45, 2.75) is 96.8 Å². The molecule has 0 aliphatic heterocycles. The molecule has 1 N–H and O–H groups in total. The van der Waals surface area contributed by atoms with E-state index in [-0.39, 0.29) is 11.6 Å². The van der Waals surface area contributed by atoms with Gasteiger partial charge in [-0.05, 0) is 44.2 Å². The van der Waals surface area contributed by atoms with Crippen LogP contribution in [0, 0.1) is 0 Å². The van der Waals surface area contributed by atoms with Crippen molar-refractivity contribution in [1.29, 1.82) is 0 Å². The fourth-order valence-electron chi connectivity index (χ4n) is 4.27. The lowest BCUT2D eigenvalue weighted by atomic mass is 9.98. The van der Waals surface area contributed by atoms with Gasteiger partial charge in [0.1, 0.15) is 0 Å². The lowest BCUT2D eigenvalue weighted by Crippen LogP contribution is -2.11. The fourth-order valence-corrected chi connectivity index (χ4v) is 4.27. The highest BCUT2D eigenvalue weighted by molar-refractivity contribution is 6.14. The number of hydrogen-bond acceptors (Lipinski definition) is 2. The molecule has 0 atom stereocenters. The van der Waals surface area contributed by atoms with Crippen molar-refractivity contribution < 1.29 is 9.59 Å². The van der Waals surface area contributed by atoms with Gasteiger partial charge in [-0.2, -0.15) is 0 Å². The standard InChI is InChI=1S/C33H45NO2/c1-2-3-4-5-6-7-8-9-10-11-12-13-14-15-22-27-31(35)30-26-21-16-17-23-28-34-32(30)33(36)29-24-19-18-20-25-29/h9-10,16-21,23-26,28,34H,2-8,11-15,22,27H2,1H3/b10-9-,17-16?,26-21?,28-23?,32-30?. The first-order chi connectivity index (χ1) is 17.7. The monoisotopic (exact) mass is 487 g/mol. The molecule has 1 heterocycles. The van der Waals surface area contributed by atoms with E-state index in [1.54, 1.807) is 24.4 Å². The molecule has 0 unspecified atom stereocenters. The quantitative estimate of drug-likeness (QED) is 0.129. The summed E-state index contributed by atoms with van der Waals surface area (Å²) in [5.74, 6) is -0.154. The lowest BCUT2D eigenvalue weighted by Gasteiger charge is -2.07. The second-order valence-electron chi connectivity index (χ2n) is 9.49. The Hall–Kier alpha value is -2.94. The van der Waals surface area contributed by atoms with Gasteiger partial charge in [0, 0.05) is 23.7 Å². The zero-order chi connectivity index (χ0) is 25.7. The second-order valence-corrected chi connectivity index (χ2v) is 9.49. The Bertz CT molecular complexity index is 956. The number of allylic oxidation sites excluding steroid dienone is 2. The van der Waals surface area contributed by atoms with Crippen LogP contribution in [0.1, 0.15) is 123 Å². The molecule has 0 aliphatic rings. The summed E-state index contributed by atoms with van der Waals surface area (Å²) in [4.78, 5) is 29.3. The molecule has 0 saturated carbocycles. The number of unbranched alkanes of at least 4 members (excludes halogenated alkanes) is 11. The first-order valence-electron chi connectivity index (χ1n) is 14.0. The predicted molar refractivity (Wildman–Crippen MR) is 152 cm³/mol. The molecule has 3 heteroatoms.